The van der Waals surface area contributed by atoms with Crippen LogP contribution in [0, 0.1) is 0 Å². The second-order valence-corrected chi connectivity index (χ2v) is 29.0. The Morgan fingerprint density at radius 3 is 1.07 bits per heavy atom. The molecule has 0 spiro atoms. The highest BCUT2D eigenvalue weighted by Gasteiger charge is 2.61. The van der Waals surface area contributed by atoms with Gasteiger partial charge in [-0.3, -0.25) is 41.0 Å². The Hall–Kier alpha value is -2.83. The molecular formula is C30H51N3O52S9. The van der Waals surface area contributed by atoms with E-state index in [1.165, 1.54) is 4.72 Å². The van der Waals surface area contributed by atoms with Crippen LogP contribution in [0.3, 0.4) is 0 Å². The first-order valence-electron chi connectivity index (χ1n) is 23.8. The molecule has 5 fully saturated rings. The second-order valence-electron chi connectivity index (χ2n) is 19.0. The van der Waals surface area contributed by atoms with Crippen molar-refractivity contribution < 1.29 is 235 Å². The molecule has 20 N–H and O–H groups in total. The van der Waals surface area contributed by atoms with Crippen LogP contribution in [0.1, 0.15) is 0 Å². The number of nitrogens with one attached hydrogen (secondary N) is 3. The van der Waals surface area contributed by atoms with Crippen molar-refractivity contribution in [2.24, 2.45) is 0 Å². The number of hydrogen-bond acceptors (Lipinski definition) is 41. The van der Waals surface area contributed by atoms with Gasteiger partial charge in [-0.1, -0.05) is 0 Å². The van der Waals surface area contributed by atoms with Gasteiger partial charge in [0, 0.05) is 0 Å². The zero-order chi connectivity index (χ0) is 71.9. The van der Waals surface area contributed by atoms with E-state index in [2.05, 4.69) is 25.1 Å². The largest absolute Gasteiger partial charge is 0.479 e. The summed E-state index contributed by atoms with van der Waals surface area (Å²) in [5.74, 6) is -5.07. The van der Waals surface area contributed by atoms with Crippen molar-refractivity contribution in [2.75, 3.05) is 19.8 Å². The van der Waals surface area contributed by atoms with Crippen LogP contribution < -0.4 is 14.2 Å². The number of carbonyl (C=O) groups is 2. The fourth-order valence-electron chi connectivity index (χ4n) is 9.04. The molecule has 0 aliphatic carbocycles. The van der Waals surface area contributed by atoms with Crippen molar-refractivity contribution >= 4 is 105 Å². The molecule has 0 bridgehead atoms. The van der Waals surface area contributed by atoms with Crippen LogP contribution in [0.4, 0.5) is 0 Å². The zero-order valence-electron chi connectivity index (χ0n) is 44.6. The van der Waals surface area contributed by atoms with Gasteiger partial charge in [0.1, 0.15) is 104 Å². The van der Waals surface area contributed by atoms with Gasteiger partial charge in [0.25, 0.3) is 0 Å². The van der Waals surface area contributed by atoms with Crippen LogP contribution in [0.15, 0.2) is 0 Å². The lowest BCUT2D eigenvalue weighted by Crippen LogP contribution is -2.71. The molecule has 0 aromatic rings. The van der Waals surface area contributed by atoms with E-state index in [1.807, 2.05) is 0 Å². The van der Waals surface area contributed by atoms with E-state index >= 15 is 0 Å². The maximum Gasteiger partial charge on any atom is 0.397 e. The van der Waals surface area contributed by atoms with E-state index in [0.717, 1.165) is 9.44 Å². The molecule has 5 rings (SSSR count). The predicted molar refractivity (Wildman–Crippen MR) is 268 cm³/mol. The van der Waals surface area contributed by atoms with Gasteiger partial charge in [0.15, 0.2) is 49.8 Å². The summed E-state index contributed by atoms with van der Waals surface area (Å²) in [6.07, 6.45) is -67.0. The first kappa shape index (κ1) is 81.8. The molecule has 0 unspecified atom stereocenters. The highest BCUT2D eigenvalue weighted by atomic mass is 32.3. The van der Waals surface area contributed by atoms with Gasteiger partial charge in [-0.25, -0.2) is 34.7 Å². The Balaban J connectivity index is 1.61. The zero-order valence-corrected chi connectivity index (χ0v) is 52.0. The average molecular weight is 1570 g/mol. The quantitative estimate of drug-likeness (QED) is 0.0287. The number of rotatable bonds is 31. The topological polar surface area (TPSA) is 860 Å². The summed E-state index contributed by atoms with van der Waals surface area (Å²) in [6.45, 7) is -5.43. The first-order chi connectivity index (χ1) is 42.3. The van der Waals surface area contributed by atoms with Crippen LogP contribution >= 0.6 is 0 Å². The molecule has 0 radical (unpaired) electrons. The molecule has 55 nitrogen and oxygen atoms in total. The minimum absolute atomic E-state index is 1.06. The number of aliphatic carboxylic acids is 2. The molecule has 0 aromatic carbocycles. The highest BCUT2D eigenvalue weighted by Crippen LogP contribution is 2.39. The van der Waals surface area contributed by atoms with Crippen molar-refractivity contribution in [1.82, 2.24) is 14.2 Å². The first-order valence-corrected chi connectivity index (χ1v) is 36.3. The number of ether oxygens (including phenoxy) is 9. The normalized spacial score (nSPS) is 38.0. The standard InChI is InChI=1S/C30H51N3O52S9/c34-10-4(1-71-89(53,54)55)75-27(8(32-87(47,48)49)17(10)83-92(62,63)64)79-19-12(36)13(37)29(81-22(19)24(39)40)78-16-6(3-73-91(59,60)61)76-28(9(33-88(50,51)52)18(16)84-93(65,66)67)80-20-14(38)21(85-94(68,69)70)30(82-23(20)25(41)42)77-15-5(2-72-90(56,57)58)74-26(43)7(11(15)35)31-86(44,45)46/h4-23,26-38,43H,1-3H2,(H,39,40)(H,41,42)(H,44,45,46)(H,47,48,49)(H,50,51,52)(H,53,54,55)(H,56,57,58)(H,59,60,61)(H,62,63,64)(H,65,66,67)(H,68,69,70)/t4-,5-,6-,7-,8-,9-,10-,11-,12-,13-,14+,15-,16-,17-,18-,19+,20+,21-,22+,23-,26+,27-,28-,29-,30-/m1/s1. The molecule has 0 aromatic heterocycles. The number of carboxylic acid groups (broad SMARTS) is 2. The summed E-state index contributed by atoms with van der Waals surface area (Å²) in [4.78, 5) is 25.8. The van der Waals surface area contributed by atoms with Gasteiger partial charge in [-0.15, -0.1) is 0 Å². The third-order valence-corrected chi connectivity index (χ3v) is 16.8. The predicted octanol–water partition coefficient (Wildman–Crippen LogP) is -14.6. The van der Waals surface area contributed by atoms with Gasteiger partial charge >= 0.3 is 105 Å². The van der Waals surface area contributed by atoms with E-state index in [4.69, 9.17) is 51.7 Å². The summed E-state index contributed by atoms with van der Waals surface area (Å²) < 4.78 is 378. The summed E-state index contributed by atoms with van der Waals surface area (Å²) in [5, 5.41) is 87.6. The molecule has 0 amide bonds. The lowest BCUT2D eigenvalue weighted by Gasteiger charge is -2.50. The van der Waals surface area contributed by atoms with Gasteiger partial charge in [-0.05, 0) is 0 Å². The second kappa shape index (κ2) is 30.6. The van der Waals surface area contributed by atoms with Crippen molar-refractivity contribution in [3.05, 3.63) is 0 Å². The molecule has 0 saturated carbocycles. The van der Waals surface area contributed by atoms with Crippen LogP contribution in [0.2, 0.25) is 0 Å². The molecule has 5 saturated heterocycles. The highest BCUT2D eigenvalue weighted by molar-refractivity contribution is 7.84. The molecule has 25 atom stereocenters. The third-order valence-electron chi connectivity index (χ3n) is 12.4. The van der Waals surface area contributed by atoms with Gasteiger partial charge < -0.3 is 83.5 Å². The number of aliphatic hydroxyl groups is 6. The molecule has 5 heterocycles. The van der Waals surface area contributed by atoms with E-state index in [1.54, 1.807) is 0 Å². The molecule has 5 aliphatic rings. The van der Waals surface area contributed by atoms with Crippen molar-refractivity contribution in [1.29, 1.82) is 0 Å². The van der Waals surface area contributed by atoms with Crippen molar-refractivity contribution in [3.63, 3.8) is 0 Å². The SMILES string of the molecule is O=C(O)[C@H]1O[C@@H](O[C@H]2[C@H](OS(=O)(=O)O)[C@@H](NS(=O)(=O)O)[C@@H](O[C@H]3[C@H](O)[C@@H](OS(=O)(=O)O)[C@H](O[C@H]4[C@H](O)[C@@H](NS(=O)(=O)O)[C@@H](O)O[C@@H]4COS(=O)(=O)O)O[C@H]3C(=O)O)O[C@@H]2COS(=O)(=O)O)[C@H](O)[C@@H](O)[C@@H]1O[C@H]1O[C@H](COS(=O)(=O)O)[C@@H](O)[C@H](OS(=O)(=O)O)[C@H]1NS(=O)(=O)O. The lowest BCUT2D eigenvalue weighted by atomic mass is 9.94. The average Bonchev–Trinajstić information content (AvgIpc) is 0.764. The van der Waals surface area contributed by atoms with Crippen LogP contribution in [-0.4, -0.2) is 343 Å². The fourth-order valence-corrected chi connectivity index (χ4v) is 13.2. The van der Waals surface area contributed by atoms with Gasteiger partial charge in [0.05, 0.1) is 19.8 Å². The summed E-state index contributed by atoms with van der Waals surface area (Å²) in [6, 6.07) is -8.83. The van der Waals surface area contributed by atoms with E-state index in [0.29, 0.717) is 0 Å². The molecule has 5 aliphatic heterocycles. The minimum atomic E-state index is -6.42. The van der Waals surface area contributed by atoms with Gasteiger partial charge in [-0.2, -0.15) is 89.9 Å². The fraction of sp³-hybridized carbons (Fsp3) is 0.933. The maximum absolute atomic E-state index is 13.0. The van der Waals surface area contributed by atoms with Crippen LogP contribution in [0.5, 0.6) is 0 Å². The third kappa shape index (κ3) is 24.2. The summed E-state index contributed by atoms with van der Waals surface area (Å²) in [5.41, 5.74) is 0. The summed E-state index contributed by atoms with van der Waals surface area (Å²) >= 11 is 0. The molecule has 552 valence electrons. The maximum atomic E-state index is 13.0. The Labute approximate surface area is 525 Å². The number of hydrogen-bond donors (Lipinski definition) is 20. The molecule has 94 heavy (non-hydrogen) atoms. The molecular weight excluding hydrogens is 1520 g/mol. The number of aliphatic hydroxyl groups excluding tert-OH is 6. The minimum Gasteiger partial charge on any atom is -0.479 e. The van der Waals surface area contributed by atoms with E-state index in [9.17, 15) is 158 Å². The Bertz CT molecular complexity index is 3750. The smallest absolute Gasteiger partial charge is 0.397 e. The van der Waals surface area contributed by atoms with Crippen LogP contribution in [-0.2, 0) is 171 Å². The van der Waals surface area contributed by atoms with Crippen LogP contribution in [0.25, 0.3) is 0 Å². The molecule has 64 heteroatoms. The Kier molecular flexibility index (Phi) is 26.6. The monoisotopic (exact) mass is 1570 g/mol. The Morgan fingerprint density at radius 2 is 0.660 bits per heavy atom. The van der Waals surface area contributed by atoms with E-state index < -0.39 is 278 Å². The van der Waals surface area contributed by atoms with Crippen molar-refractivity contribution in [3.8, 4) is 0 Å². The van der Waals surface area contributed by atoms with E-state index in [-0.39, 0.29) is 0 Å². The van der Waals surface area contributed by atoms with Crippen molar-refractivity contribution in [2.45, 2.75) is 153 Å². The number of carboxylic acids is 2. The Morgan fingerprint density at radius 1 is 0.319 bits per heavy atom. The lowest BCUT2D eigenvalue weighted by molar-refractivity contribution is -0.372. The summed E-state index contributed by atoms with van der Waals surface area (Å²) in [7, 11) is -53.4. The van der Waals surface area contributed by atoms with Gasteiger partial charge in [0.2, 0.25) is 0 Å².